The van der Waals surface area contributed by atoms with E-state index in [-0.39, 0.29) is 0 Å². The minimum Gasteiger partial charge on any atom is -0.396 e. The number of ether oxygens (including phenoxy) is 1. The van der Waals surface area contributed by atoms with Crippen molar-refractivity contribution in [2.75, 3.05) is 13.7 Å². The first-order chi connectivity index (χ1) is 7.83. The van der Waals surface area contributed by atoms with Crippen LogP contribution in [0.3, 0.4) is 0 Å². The van der Waals surface area contributed by atoms with Crippen molar-refractivity contribution in [1.82, 2.24) is 5.32 Å². The SMILES string of the molecule is COC1CCCC(NC2CCCC2CO)C1. The Labute approximate surface area is 98.6 Å². The summed E-state index contributed by atoms with van der Waals surface area (Å²) in [5, 5.41) is 13.0. The monoisotopic (exact) mass is 227 g/mol. The van der Waals surface area contributed by atoms with E-state index in [9.17, 15) is 5.11 Å². The fraction of sp³-hybridized carbons (Fsp3) is 1.00. The molecule has 0 bridgehead atoms. The Morgan fingerprint density at radius 3 is 2.75 bits per heavy atom. The van der Waals surface area contributed by atoms with Crippen LogP contribution in [0.1, 0.15) is 44.9 Å². The summed E-state index contributed by atoms with van der Waals surface area (Å²) in [4.78, 5) is 0. The molecule has 2 aliphatic rings. The number of hydrogen-bond donors (Lipinski definition) is 2. The van der Waals surface area contributed by atoms with Gasteiger partial charge in [-0.1, -0.05) is 6.42 Å². The third-order valence-corrected chi connectivity index (χ3v) is 4.30. The van der Waals surface area contributed by atoms with E-state index >= 15 is 0 Å². The van der Waals surface area contributed by atoms with Gasteiger partial charge in [-0.2, -0.15) is 0 Å². The second-order valence-electron chi connectivity index (χ2n) is 5.37. The highest BCUT2D eigenvalue weighted by molar-refractivity contribution is 4.88. The second kappa shape index (κ2) is 5.99. The first-order valence-corrected chi connectivity index (χ1v) is 6.73. The van der Waals surface area contributed by atoms with Crippen LogP contribution in [0.25, 0.3) is 0 Å². The second-order valence-corrected chi connectivity index (χ2v) is 5.37. The van der Waals surface area contributed by atoms with Crippen LogP contribution < -0.4 is 5.32 Å². The number of rotatable bonds is 4. The van der Waals surface area contributed by atoms with Gasteiger partial charge in [0.05, 0.1) is 6.10 Å². The molecule has 2 N–H and O–H groups in total. The Kier molecular flexibility index (Phi) is 4.62. The van der Waals surface area contributed by atoms with Crippen LogP contribution >= 0.6 is 0 Å². The highest BCUT2D eigenvalue weighted by atomic mass is 16.5. The zero-order valence-electron chi connectivity index (χ0n) is 10.3. The molecular formula is C13H25NO2. The Hall–Kier alpha value is -0.120. The average Bonchev–Trinajstić information content (AvgIpc) is 2.76. The molecule has 0 amide bonds. The van der Waals surface area contributed by atoms with E-state index in [1.165, 1.54) is 38.5 Å². The van der Waals surface area contributed by atoms with Gasteiger partial charge in [-0.3, -0.25) is 0 Å². The smallest absolute Gasteiger partial charge is 0.0586 e. The van der Waals surface area contributed by atoms with Crippen LogP contribution in [0, 0.1) is 5.92 Å². The molecule has 16 heavy (non-hydrogen) atoms. The standard InChI is InChI=1S/C13H25NO2/c1-16-12-6-3-5-11(8-12)14-13-7-2-4-10(13)9-15/h10-15H,2-9H2,1H3. The maximum atomic E-state index is 9.30. The lowest BCUT2D eigenvalue weighted by atomic mass is 9.91. The molecule has 0 saturated heterocycles. The molecule has 0 aromatic carbocycles. The summed E-state index contributed by atoms with van der Waals surface area (Å²) in [6.07, 6.45) is 9.03. The molecule has 2 aliphatic carbocycles. The molecule has 2 saturated carbocycles. The van der Waals surface area contributed by atoms with Gasteiger partial charge in [0.1, 0.15) is 0 Å². The molecule has 0 heterocycles. The zero-order valence-corrected chi connectivity index (χ0v) is 10.3. The van der Waals surface area contributed by atoms with E-state index in [4.69, 9.17) is 4.74 Å². The van der Waals surface area contributed by atoms with E-state index in [0.717, 1.165) is 6.42 Å². The normalized spacial score (nSPS) is 40.1. The Balaban J connectivity index is 1.79. The number of methoxy groups -OCH3 is 1. The lowest BCUT2D eigenvalue weighted by molar-refractivity contribution is 0.0548. The molecule has 4 atom stereocenters. The summed E-state index contributed by atoms with van der Waals surface area (Å²) in [6, 6.07) is 1.15. The predicted octanol–water partition coefficient (Wildman–Crippen LogP) is 1.69. The predicted molar refractivity (Wildman–Crippen MR) is 64.4 cm³/mol. The van der Waals surface area contributed by atoms with Gasteiger partial charge in [0.15, 0.2) is 0 Å². The third kappa shape index (κ3) is 2.96. The Morgan fingerprint density at radius 2 is 2.00 bits per heavy atom. The minimum absolute atomic E-state index is 0.345. The van der Waals surface area contributed by atoms with E-state index in [1.54, 1.807) is 0 Å². The molecule has 0 spiro atoms. The van der Waals surface area contributed by atoms with Gasteiger partial charge < -0.3 is 15.2 Å². The molecule has 94 valence electrons. The van der Waals surface area contributed by atoms with Crippen LogP contribution in [0.4, 0.5) is 0 Å². The topological polar surface area (TPSA) is 41.5 Å². The Morgan fingerprint density at radius 1 is 1.19 bits per heavy atom. The fourth-order valence-electron chi connectivity index (χ4n) is 3.29. The quantitative estimate of drug-likeness (QED) is 0.768. The molecule has 4 unspecified atom stereocenters. The molecule has 3 heteroatoms. The zero-order chi connectivity index (χ0) is 11.4. The highest BCUT2D eigenvalue weighted by Crippen LogP contribution is 2.28. The van der Waals surface area contributed by atoms with Crippen LogP contribution in [0.5, 0.6) is 0 Å². The van der Waals surface area contributed by atoms with Gasteiger partial charge in [0, 0.05) is 25.8 Å². The minimum atomic E-state index is 0.345. The van der Waals surface area contributed by atoms with E-state index < -0.39 is 0 Å². The van der Waals surface area contributed by atoms with Crippen molar-refractivity contribution in [2.45, 2.75) is 63.1 Å². The molecule has 0 aromatic heterocycles. The lowest BCUT2D eigenvalue weighted by Crippen LogP contribution is -2.44. The first kappa shape index (κ1) is 12.3. The number of hydrogen-bond acceptors (Lipinski definition) is 3. The number of aliphatic hydroxyl groups excluding tert-OH is 1. The van der Waals surface area contributed by atoms with Crippen molar-refractivity contribution < 1.29 is 9.84 Å². The van der Waals surface area contributed by atoms with E-state index in [1.807, 2.05) is 7.11 Å². The van der Waals surface area contributed by atoms with Crippen molar-refractivity contribution >= 4 is 0 Å². The van der Waals surface area contributed by atoms with Crippen molar-refractivity contribution in [3.05, 3.63) is 0 Å². The molecular weight excluding hydrogens is 202 g/mol. The first-order valence-electron chi connectivity index (χ1n) is 6.73. The Bertz CT molecular complexity index is 210. The molecule has 0 aliphatic heterocycles. The van der Waals surface area contributed by atoms with Crippen molar-refractivity contribution in [3.8, 4) is 0 Å². The summed E-state index contributed by atoms with van der Waals surface area (Å²) >= 11 is 0. The van der Waals surface area contributed by atoms with Crippen molar-refractivity contribution in [2.24, 2.45) is 5.92 Å². The summed E-state index contributed by atoms with van der Waals surface area (Å²) in [6.45, 7) is 0.345. The summed E-state index contributed by atoms with van der Waals surface area (Å²) in [5.74, 6) is 0.489. The van der Waals surface area contributed by atoms with Crippen LogP contribution in [-0.4, -0.2) is 37.0 Å². The van der Waals surface area contributed by atoms with Gasteiger partial charge in [-0.05, 0) is 44.4 Å². The third-order valence-electron chi connectivity index (χ3n) is 4.30. The average molecular weight is 227 g/mol. The highest BCUT2D eigenvalue weighted by Gasteiger charge is 2.30. The van der Waals surface area contributed by atoms with Gasteiger partial charge in [0.2, 0.25) is 0 Å². The summed E-state index contributed by atoms with van der Waals surface area (Å²) in [5.41, 5.74) is 0. The van der Waals surface area contributed by atoms with Gasteiger partial charge in [0.25, 0.3) is 0 Å². The van der Waals surface area contributed by atoms with Crippen LogP contribution in [0.15, 0.2) is 0 Å². The number of aliphatic hydroxyl groups is 1. The molecule has 3 nitrogen and oxygen atoms in total. The van der Waals surface area contributed by atoms with Crippen molar-refractivity contribution in [3.63, 3.8) is 0 Å². The van der Waals surface area contributed by atoms with Crippen molar-refractivity contribution in [1.29, 1.82) is 0 Å². The molecule has 2 fully saturated rings. The molecule has 0 aromatic rings. The fourth-order valence-corrected chi connectivity index (χ4v) is 3.29. The van der Waals surface area contributed by atoms with Gasteiger partial charge in [-0.25, -0.2) is 0 Å². The molecule has 2 rings (SSSR count). The molecule has 0 radical (unpaired) electrons. The van der Waals surface area contributed by atoms with Gasteiger partial charge >= 0.3 is 0 Å². The lowest BCUT2D eigenvalue weighted by Gasteiger charge is -2.32. The van der Waals surface area contributed by atoms with Crippen LogP contribution in [-0.2, 0) is 4.74 Å². The maximum absolute atomic E-state index is 9.30. The van der Waals surface area contributed by atoms with E-state index in [2.05, 4.69) is 5.32 Å². The maximum Gasteiger partial charge on any atom is 0.0586 e. The largest absolute Gasteiger partial charge is 0.396 e. The van der Waals surface area contributed by atoms with E-state index in [0.29, 0.717) is 30.7 Å². The van der Waals surface area contributed by atoms with Gasteiger partial charge in [-0.15, -0.1) is 0 Å². The number of nitrogens with one attached hydrogen (secondary N) is 1. The summed E-state index contributed by atoms with van der Waals surface area (Å²) < 4.78 is 5.45. The summed E-state index contributed by atoms with van der Waals surface area (Å²) in [7, 11) is 1.82. The van der Waals surface area contributed by atoms with Crippen LogP contribution in [0.2, 0.25) is 0 Å².